The number of carbonyl (C=O) groups excluding carboxylic acids is 3. The van der Waals surface area contributed by atoms with E-state index in [2.05, 4.69) is 16.0 Å². The van der Waals surface area contributed by atoms with Crippen molar-refractivity contribution in [2.75, 3.05) is 25.0 Å². The maximum atomic E-state index is 12.1. The largest absolute Gasteiger partial charge is 0.484 e. The van der Waals surface area contributed by atoms with Gasteiger partial charge in [0.1, 0.15) is 5.75 Å². The fraction of sp³-hybridized carbons (Fsp3) is 0.286. The van der Waals surface area contributed by atoms with Gasteiger partial charge in [-0.05, 0) is 49.7 Å². The number of anilines is 1. The first-order chi connectivity index (χ1) is 14.0. The fourth-order valence-electron chi connectivity index (χ4n) is 2.44. The number of halogens is 1. The van der Waals surface area contributed by atoms with Crippen LogP contribution in [0.15, 0.2) is 48.5 Å². The number of ether oxygens (including phenoxy) is 1. The van der Waals surface area contributed by atoms with Gasteiger partial charge in [-0.2, -0.15) is 0 Å². The molecule has 0 aliphatic carbocycles. The van der Waals surface area contributed by atoms with Crippen molar-refractivity contribution in [3.8, 4) is 5.75 Å². The second kappa shape index (κ2) is 11.7. The molecule has 3 N–H and O–H groups in total. The summed E-state index contributed by atoms with van der Waals surface area (Å²) < 4.78 is 5.40. The Morgan fingerprint density at radius 2 is 1.76 bits per heavy atom. The van der Waals surface area contributed by atoms with Gasteiger partial charge >= 0.3 is 0 Å². The highest BCUT2D eigenvalue weighted by Gasteiger charge is 2.07. The van der Waals surface area contributed by atoms with E-state index in [4.69, 9.17) is 16.3 Å². The Kier molecular flexibility index (Phi) is 8.98. The number of amides is 3. The summed E-state index contributed by atoms with van der Waals surface area (Å²) in [5.74, 6) is -0.0995. The lowest BCUT2D eigenvalue weighted by Gasteiger charge is -2.09. The summed E-state index contributed by atoms with van der Waals surface area (Å²) in [5, 5.41) is 8.75. The molecular formula is C21H24ClN3O4. The molecule has 2 aromatic carbocycles. The van der Waals surface area contributed by atoms with Crippen LogP contribution in [-0.4, -0.2) is 37.4 Å². The summed E-state index contributed by atoms with van der Waals surface area (Å²) in [5.41, 5.74) is 1.09. The molecule has 0 aliphatic heterocycles. The Hall–Kier alpha value is -3.06. The quantitative estimate of drug-likeness (QED) is 0.518. The van der Waals surface area contributed by atoms with Crippen LogP contribution in [0, 0.1) is 0 Å². The van der Waals surface area contributed by atoms with E-state index < -0.39 is 0 Å². The summed E-state index contributed by atoms with van der Waals surface area (Å²) in [6.07, 6.45) is 0.753. The summed E-state index contributed by atoms with van der Waals surface area (Å²) >= 11 is 5.80. The monoisotopic (exact) mass is 417 g/mol. The molecule has 0 bridgehead atoms. The molecule has 0 spiro atoms. The van der Waals surface area contributed by atoms with Gasteiger partial charge in [0.05, 0.1) is 0 Å². The topological polar surface area (TPSA) is 96.5 Å². The Morgan fingerprint density at radius 1 is 1.00 bits per heavy atom. The molecule has 0 aromatic heterocycles. The first-order valence-electron chi connectivity index (χ1n) is 9.31. The SMILES string of the molecule is CCNC(=O)COc1cccc(NC(=O)CCCNC(=O)c2ccc(Cl)cc2)c1. The highest BCUT2D eigenvalue weighted by molar-refractivity contribution is 6.30. The van der Waals surface area contributed by atoms with Gasteiger partial charge in [-0.15, -0.1) is 0 Å². The van der Waals surface area contributed by atoms with Gasteiger partial charge in [-0.1, -0.05) is 17.7 Å². The molecule has 29 heavy (non-hydrogen) atoms. The standard InChI is InChI=1S/C21H24ClN3O4/c1-2-23-20(27)14-29-18-6-3-5-17(13-18)25-19(26)7-4-12-24-21(28)15-8-10-16(22)11-9-15/h3,5-6,8-11,13H,2,4,7,12,14H2,1H3,(H,23,27)(H,24,28)(H,25,26). The van der Waals surface area contributed by atoms with E-state index in [1.54, 1.807) is 48.5 Å². The van der Waals surface area contributed by atoms with Crippen LogP contribution in [0.3, 0.4) is 0 Å². The molecule has 0 fully saturated rings. The molecule has 0 saturated carbocycles. The van der Waals surface area contributed by atoms with Gasteiger partial charge in [0, 0.05) is 41.9 Å². The first-order valence-corrected chi connectivity index (χ1v) is 9.69. The van der Waals surface area contributed by atoms with Crippen LogP contribution in [0.5, 0.6) is 5.75 Å². The van der Waals surface area contributed by atoms with Crippen LogP contribution in [0.25, 0.3) is 0 Å². The zero-order chi connectivity index (χ0) is 21.1. The zero-order valence-corrected chi connectivity index (χ0v) is 16.9. The zero-order valence-electron chi connectivity index (χ0n) is 16.2. The lowest BCUT2D eigenvalue weighted by atomic mass is 10.2. The van der Waals surface area contributed by atoms with Crippen molar-refractivity contribution in [3.05, 3.63) is 59.1 Å². The van der Waals surface area contributed by atoms with Gasteiger partial charge in [0.15, 0.2) is 6.61 Å². The van der Waals surface area contributed by atoms with Crippen LogP contribution in [0.2, 0.25) is 5.02 Å². The van der Waals surface area contributed by atoms with Crippen LogP contribution < -0.4 is 20.7 Å². The minimum absolute atomic E-state index is 0.0848. The molecular weight excluding hydrogens is 394 g/mol. The summed E-state index contributed by atoms with van der Waals surface area (Å²) in [6, 6.07) is 13.4. The molecule has 3 amide bonds. The summed E-state index contributed by atoms with van der Waals surface area (Å²) in [7, 11) is 0. The van der Waals surface area contributed by atoms with Gasteiger partial charge in [0.2, 0.25) is 5.91 Å². The number of benzene rings is 2. The van der Waals surface area contributed by atoms with Crippen LogP contribution >= 0.6 is 11.6 Å². The van der Waals surface area contributed by atoms with E-state index >= 15 is 0 Å². The van der Waals surface area contributed by atoms with Gasteiger partial charge in [-0.3, -0.25) is 14.4 Å². The van der Waals surface area contributed by atoms with Crippen LogP contribution in [-0.2, 0) is 9.59 Å². The van der Waals surface area contributed by atoms with Gasteiger partial charge < -0.3 is 20.7 Å². The maximum Gasteiger partial charge on any atom is 0.257 e. The second-order valence-electron chi connectivity index (χ2n) is 6.18. The van der Waals surface area contributed by atoms with Crippen molar-refractivity contribution >= 4 is 35.0 Å². The highest BCUT2D eigenvalue weighted by atomic mass is 35.5. The third kappa shape index (κ3) is 8.23. The molecule has 0 radical (unpaired) electrons. The molecule has 0 heterocycles. The van der Waals surface area contributed by atoms with Crippen molar-refractivity contribution in [1.29, 1.82) is 0 Å². The van der Waals surface area contributed by atoms with Crippen molar-refractivity contribution in [3.63, 3.8) is 0 Å². The maximum absolute atomic E-state index is 12.1. The molecule has 0 saturated heterocycles. The number of carbonyl (C=O) groups is 3. The minimum Gasteiger partial charge on any atom is -0.484 e. The molecule has 2 rings (SSSR count). The van der Waals surface area contributed by atoms with Gasteiger partial charge in [-0.25, -0.2) is 0 Å². The Balaban J connectivity index is 1.70. The van der Waals surface area contributed by atoms with Crippen molar-refractivity contribution in [2.45, 2.75) is 19.8 Å². The Bertz CT molecular complexity index is 840. The fourth-order valence-corrected chi connectivity index (χ4v) is 2.56. The predicted octanol–water partition coefficient (Wildman–Crippen LogP) is 3.00. The molecule has 2 aromatic rings. The number of likely N-dealkylation sites (N-methyl/N-ethyl adjacent to an activating group) is 1. The third-order valence-corrected chi connectivity index (χ3v) is 4.09. The molecule has 8 heteroatoms. The molecule has 154 valence electrons. The smallest absolute Gasteiger partial charge is 0.257 e. The van der Waals surface area contributed by atoms with E-state index in [1.807, 2.05) is 6.92 Å². The van der Waals surface area contributed by atoms with Crippen molar-refractivity contribution in [1.82, 2.24) is 10.6 Å². The van der Waals surface area contributed by atoms with Crippen LogP contribution in [0.1, 0.15) is 30.1 Å². The molecule has 0 aliphatic rings. The average Bonchev–Trinajstić information content (AvgIpc) is 2.70. The molecule has 0 atom stereocenters. The van der Waals surface area contributed by atoms with Crippen LogP contribution in [0.4, 0.5) is 5.69 Å². The van der Waals surface area contributed by atoms with E-state index in [-0.39, 0.29) is 30.7 Å². The minimum atomic E-state index is -0.209. The second-order valence-corrected chi connectivity index (χ2v) is 6.62. The lowest BCUT2D eigenvalue weighted by Crippen LogP contribution is -2.28. The number of nitrogens with one attached hydrogen (secondary N) is 3. The first kappa shape index (κ1) is 22.2. The average molecular weight is 418 g/mol. The van der Waals surface area contributed by atoms with E-state index in [0.29, 0.717) is 41.5 Å². The Morgan fingerprint density at radius 3 is 2.48 bits per heavy atom. The number of rotatable bonds is 10. The van der Waals surface area contributed by atoms with Gasteiger partial charge in [0.25, 0.3) is 11.8 Å². The highest BCUT2D eigenvalue weighted by Crippen LogP contribution is 2.17. The van der Waals surface area contributed by atoms with Crippen molar-refractivity contribution in [2.24, 2.45) is 0 Å². The van der Waals surface area contributed by atoms with E-state index in [1.165, 1.54) is 0 Å². The summed E-state index contributed by atoms with van der Waals surface area (Å²) in [4.78, 5) is 35.5. The number of hydrogen-bond donors (Lipinski definition) is 3. The molecule has 0 unspecified atom stereocenters. The van der Waals surface area contributed by atoms with E-state index in [9.17, 15) is 14.4 Å². The van der Waals surface area contributed by atoms with Crippen molar-refractivity contribution < 1.29 is 19.1 Å². The predicted molar refractivity (Wildman–Crippen MR) is 112 cm³/mol. The van der Waals surface area contributed by atoms with E-state index in [0.717, 1.165) is 0 Å². The summed E-state index contributed by atoms with van der Waals surface area (Å²) in [6.45, 7) is 2.67. The normalized spacial score (nSPS) is 10.1. The Labute approximate surface area is 174 Å². The molecule has 7 nitrogen and oxygen atoms in total. The lowest BCUT2D eigenvalue weighted by molar-refractivity contribution is -0.123. The number of hydrogen-bond acceptors (Lipinski definition) is 4. The third-order valence-electron chi connectivity index (χ3n) is 3.83.